The largest absolute Gasteiger partial charge is 0.490 e. The summed E-state index contributed by atoms with van der Waals surface area (Å²) in [5.74, 6) is -15.0. The summed E-state index contributed by atoms with van der Waals surface area (Å²) in [6.07, 6.45) is -4.90. The number of aliphatic hydroxyl groups excluding tert-OH is 2. The number of unbranched alkanes of at least 4 members (excludes halogenated alkanes) is 1. The van der Waals surface area contributed by atoms with Crippen LogP contribution >= 0.6 is 0 Å². The van der Waals surface area contributed by atoms with Crippen molar-refractivity contribution in [1.29, 1.82) is 0 Å². The number of alkyl halides is 3. The molecule has 1 rings (SSSR count). The Labute approximate surface area is 582 Å². The predicted molar refractivity (Wildman–Crippen MR) is 358 cm³/mol. The Morgan fingerprint density at radius 3 is 1.30 bits per heavy atom. The third kappa shape index (κ3) is 33.8. The highest BCUT2D eigenvalue weighted by molar-refractivity contribution is 5.99. The first-order valence-electron chi connectivity index (χ1n) is 33.8. The fraction of sp³-hybridized carbons (Fsp3) is 0.766. The fourth-order valence-electron chi connectivity index (χ4n) is 10.1. The van der Waals surface area contributed by atoms with E-state index in [-0.39, 0.29) is 62.4 Å². The first-order chi connectivity index (χ1) is 46.4. The highest BCUT2D eigenvalue weighted by Gasteiger charge is 2.41. The van der Waals surface area contributed by atoms with Gasteiger partial charge in [0.1, 0.15) is 66.7 Å². The molecule has 0 saturated carbocycles. The Bertz CT molecular complexity index is 2740. The number of likely N-dealkylation sites (tertiary alicyclic amines) is 1. The number of nitrogens with zero attached hydrogens (tertiary/aromatic N) is 1. The minimum atomic E-state index is -5.08. The van der Waals surface area contributed by atoms with Crippen LogP contribution in [0, 0.1) is 35.5 Å². The van der Waals surface area contributed by atoms with Crippen LogP contribution in [0.5, 0.6) is 0 Å². The number of aliphatic carboxylic acids is 1. The van der Waals surface area contributed by atoms with Crippen molar-refractivity contribution < 1.29 is 100 Å². The number of carbonyl (C=O) groups excluding carboxylic acids is 14. The van der Waals surface area contributed by atoms with E-state index in [0.29, 0.717) is 44.9 Å². The van der Waals surface area contributed by atoms with Crippen LogP contribution < -0.4 is 75.3 Å². The van der Waals surface area contributed by atoms with E-state index < -0.39 is 193 Å². The number of nitrogens with one attached hydrogen (secondary N) is 12. The zero-order valence-corrected chi connectivity index (χ0v) is 60.1. The molecule has 0 spiro atoms. The van der Waals surface area contributed by atoms with E-state index >= 15 is 0 Å². The number of aliphatic hydroxyl groups is 2. The second-order valence-corrected chi connectivity index (χ2v) is 26.9. The van der Waals surface area contributed by atoms with Gasteiger partial charge in [0.25, 0.3) is 0 Å². The molecular formula is C64H112F3N15O18. The molecule has 14 atom stereocenters. The van der Waals surface area contributed by atoms with Gasteiger partial charge in [-0.05, 0) is 114 Å². The number of halogens is 3. The average Bonchev–Trinajstić information content (AvgIpc) is 1.29. The normalized spacial score (nSPS) is 16.9. The second-order valence-electron chi connectivity index (χ2n) is 26.9. The van der Waals surface area contributed by atoms with Gasteiger partial charge in [0.15, 0.2) is 0 Å². The molecule has 0 radical (unpaired) electrons. The van der Waals surface area contributed by atoms with Gasteiger partial charge in [-0.1, -0.05) is 89.5 Å². The van der Waals surface area contributed by atoms with Crippen LogP contribution in [0.1, 0.15) is 162 Å². The molecule has 1 aliphatic heterocycles. The van der Waals surface area contributed by atoms with Gasteiger partial charge in [-0.2, -0.15) is 13.2 Å². The molecule has 0 unspecified atom stereocenters. The first-order valence-corrected chi connectivity index (χ1v) is 33.8. The molecule has 0 aromatic heterocycles. The Balaban J connectivity index is 0.0000132. The number of rotatable bonds is 42. The molecule has 1 heterocycles. The number of carbonyl (C=O) groups is 15. The molecule has 19 N–H and O–H groups in total. The lowest BCUT2D eigenvalue weighted by molar-refractivity contribution is -0.192. The maximum Gasteiger partial charge on any atom is 0.490 e. The average molecular weight is 1440 g/mol. The molecule has 36 heteroatoms. The summed E-state index contributed by atoms with van der Waals surface area (Å²) in [7, 11) is 0. The van der Waals surface area contributed by atoms with Crippen molar-refractivity contribution in [2.75, 3.05) is 32.7 Å². The topological polar surface area (TPSA) is 516 Å². The second kappa shape index (κ2) is 45.6. The number of aldehydes is 1. The predicted octanol–water partition coefficient (Wildman–Crippen LogP) is -2.74. The maximum absolute atomic E-state index is 14.3. The molecule has 33 nitrogen and oxygen atoms in total. The Morgan fingerprint density at radius 2 is 0.880 bits per heavy atom. The molecule has 13 amide bonds. The van der Waals surface area contributed by atoms with E-state index in [2.05, 4.69) is 63.8 Å². The van der Waals surface area contributed by atoms with Crippen molar-refractivity contribution >= 4 is 89.0 Å². The Kier molecular flexibility index (Phi) is 41.9. The lowest BCUT2D eigenvalue weighted by Gasteiger charge is -2.30. The summed E-state index contributed by atoms with van der Waals surface area (Å²) >= 11 is 0. The number of nitrogens with two attached hydrogens (primary N) is 2. The molecule has 100 heavy (non-hydrogen) atoms. The highest BCUT2D eigenvalue weighted by atomic mass is 19.4. The van der Waals surface area contributed by atoms with Crippen LogP contribution in [0.25, 0.3) is 0 Å². The highest BCUT2D eigenvalue weighted by Crippen LogP contribution is 2.20. The SMILES string of the molecule is CC[C@H](C)[C@H](NC(=O)CN)C(=O)NCC(=O)N[C@@H](C)C(=O)N[C@H](C(=O)N[C@@H](CC(C)C)C(=O)N[C@@H](CCCCN)C(=O)N[C@H](C(=O)N[C@@H](CC(C)C)C(=O)N[C@H](C(=O)N[C@H](C(=O)NCC(=O)N[C@@H](CC(C)C)C(=O)N1CCC[C@H]1C=O)[C@@H](C)O)[C@@H](C)O)C(C)C)C(C)C.O=C(O)C(F)(F)F. The third-order valence-electron chi connectivity index (χ3n) is 15.8. The number of carboxylic acid groups (broad SMARTS) is 1. The molecule has 1 fully saturated rings. The van der Waals surface area contributed by atoms with Gasteiger partial charge >= 0.3 is 12.1 Å². The summed E-state index contributed by atoms with van der Waals surface area (Å²) in [6, 6.07) is -13.9. The quantitative estimate of drug-likeness (QED) is 0.0218. The monoisotopic (exact) mass is 1440 g/mol. The molecule has 0 aliphatic carbocycles. The van der Waals surface area contributed by atoms with Crippen LogP contribution in [-0.2, 0) is 71.9 Å². The van der Waals surface area contributed by atoms with Crippen molar-refractivity contribution in [3.63, 3.8) is 0 Å². The van der Waals surface area contributed by atoms with Gasteiger partial charge in [-0.25, -0.2) is 4.79 Å². The van der Waals surface area contributed by atoms with Crippen LogP contribution in [0.3, 0.4) is 0 Å². The van der Waals surface area contributed by atoms with Gasteiger partial charge in [0.2, 0.25) is 76.8 Å². The van der Waals surface area contributed by atoms with E-state index in [1.54, 1.807) is 62.3 Å². The van der Waals surface area contributed by atoms with Crippen molar-refractivity contribution in [2.24, 2.45) is 47.0 Å². The van der Waals surface area contributed by atoms with Crippen molar-refractivity contribution in [2.45, 2.75) is 246 Å². The van der Waals surface area contributed by atoms with Crippen LogP contribution in [-0.4, -0.2) is 227 Å². The Hall–Kier alpha value is -8.12. The lowest BCUT2D eigenvalue weighted by Crippen LogP contribution is -2.63. The smallest absolute Gasteiger partial charge is 0.475 e. The van der Waals surface area contributed by atoms with E-state index in [1.165, 1.54) is 25.7 Å². The molecule has 0 aromatic carbocycles. The van der Waals surface area contributed by atoms with Crippen LogP contribution in [0.4, 0.5) is 13.2 Å². The fourth-order valence-corrected chi connectivity index (χ4v) is 10.1. The van der Waals surface area contributed by atoms with Crippen LogP contribution in [0.2, 0.25) is 0 Å². The molecule has 0 aromatic rings. The zero-order valence-electron chi connectivity index (χ0n) is 60.1. The zero-order chi connectivity index (χ0) is 77.2. The lowest BCUT2D eigenvalue weighted by atomic mass is 9.98. The number of hydrogen-bond acceptors (Lipinski definition) is 19. The summed E-state index contributed by atoms with van der Waals surface area (Å²) < 4.78 is 31.7. The van der Waals surface area contributed by atoms with E-state index in [9.17, 15) is 90.5 Å². The molecule has 572 valence electrons. The number of carboxylic acids is 1. The summed E-state index contributed by atoms with van der Waals surface area (Å²) in [6.45, 7) is 23.6. The molecular weight excluding hydrogens is 1320 g/mol. The standard InChI is InChI=1S/C62H111N15O16.C2HF3O2/c1-16-36(12)50(72-45(81)27-64)57(88)65-28-46(82)67-37(13)53(84)73-48(34(8)9)59(90)70-42(24-31(2)3)55(86)69-41(21-17-18-22-63)54(85)74-49(35(10)11)60(91)71-43(25-32(4)5)56(87)75-52(39(15)80)61(92)76-51(38(14)79)58(89)66-29-47(83)68-44(26-33(6)7)62(93)77-23-19-20-40(77)30-78;3-2(4,5)1(6)7/h30-44,48-52,79-80H,16-29,63-64H2,1-15H3,(H,65,88)(H,66,89)(H,67,82)(H,68,83)(H,69,86)(H,70,90)(H,71,91)(H,72,81)(H,73,84)(H,74,85)(H,75,87)(H,76,92);(H,6,7)/t36-,37-,38+,39+,40-,41-,42-,43-,44-,48-,49-,50-,51-,52-;/m0./s1. The van der Waals surface area contributed by atoms with Gasteiger partial charge < -0.3 is 100 Å². The number of hydrogen-bond donors (Lipinski definition) is 17. The van der Waals surface area contributed by atoms with Crippen molar-refractivity contribution in [1.82, 2.24) is 68.7 Å². The van der Waals surface area contributed by atoms with Gasteiger partial charge in [0, 0.05) is 6.54 Å². The van der Waals surface area contributed by atoms with Crippen LogP contribution in [0.15, 0.2) is 0 Å². The van der Waals surface area contributed by atoms with Gasteiger partial charge in [-0.3, -0.25) is 62.3 Å². The summed E-state index contributed by atoms with van der Waals surface area (Å²) in [4.78, 5) is 198. The molecule has 0 bridgehead atoms. The summed E-state index contributed by atoms with van der Waals surface area (Å²) in [5, 5.41) is 59.1. The number of amides is 13. The van der Waals surface area contributed by atoms with Gasteiger partial charge in [-0.15, -0.1) is 0 Å². The van der Waals surface area contributed by atoms with E-state index in [1.807, 2.05) is 20.8 Å². The van der Waals surface area contributed by atoms with E-state index in [0.717, 1.165) is 0 Å². The maximum atomic E-state index is 14.3. The van der Waals surface area contributed by atoms with Gasteiger partial charge in [0.05, 0.1) is 37.9 Å². The minimum absolute atomic E-state index is 0.0253. The Morgan fingerprint density at radius 1 is 0.490 bits per heavy atom. The summed E-state index contributed by atoms with van der Waals surface area (Å²) in [5.41, 5.74) is 11.2. The van der Waals surface area contributed by atoms with Crippen molar-refractivity contribution in [3.05, 3.63) is 0 Å². The minimum Gasteiger partial charge on any atom is -0.475 e. The van der Waals surface area contributed by atoms with E-state index in [4.69, 9.17) is 21.4 Å². The third-order valence-corrected chi connectivity index (χ3v) is 15.8. The molecule has 1 saturated heterocycles. The first kappa shape index (κ1) is 91.9. The van der Waals surface area contributed by atoms with Crippen molar-refractivity contribution in [3.8, 4) is 0 Å². The molecule has 1 aliphatic rings.